The molecular weight excluding hydrogens is 416 g/mol. The van der Waals surface area contributed by atoms with Crippen molar-refractivity contribution in [2.45, 2.75) is 84.0 Å². The van der Waals surface area contributed by atoms with E-state index in [2.05, 4.69) is 77.2 Å². The van der Waals surface area contributed by atoms with E-state index in [9.17, 15) is 9.59 Å². The third-order valence-electron chi connectivity index (χ3n) is 6.87. The first-order valence-corrected chi connectivity index (χ1v) is 14.6. The molecular formula is C27H40O4Si. The maximum atomic E-state index is 13.0. The average Bonchev–Trinajstić information content (AvgIpc) is 2.96. The molecule has 1 fully saturated rings. The number of carboxylic acid groups (broad SMARTS) is 1. The molecule has 0 saturated heterocycles. The second-order valence-corrected chi connectivity index (χ2v) is 15.3. The highest BCUT2D eigenvalue weighted by molar-refractivity contribution is 6.74. The van der Waals surface area contributed by atoms with Gasteiger partial charge in [-0.3, -0.25) is 9.59 Å². The summed E-state index contributed by atoms with van der Waals surface area (Å²) in [6.07, 6.45) is 10.9. The number of allylic oxidation sites excluding steroid dienone is 2. The molecule has 0 heterocycles. The topological polar surface area (TPSA) is 63.6 Å². The molecule has 0 radical (unpaired) electrons. The smallest absolute Gasteiger partial charge is 0.303 e. The van der Waals surface area contributed by atoms with Crippen molar-refractivity contribution in [1.29, 1.82) is 0 Å². The lowest BCUT2D eigenvalue weighted by Crippen LogP contribution is -2.45. The molecule has 176 valence electrons. The normalized spacial score (nSPS) is 22.3. The Balaban J connectivity index is 2.18. The average molecular weight is 457 g/mol. The molecule has 3 atom stereocenters. The van der Waals surface area contributed by atoms with E-state index >= 15 is 0 Å². The SMILES string of the molecule is Cc1ccc(C=C[C@@H]2C(C/C=C\CCCC(=O)O)C(=O)C[C@H]2O[Si](C)(C)C(C)(C)C)cc1. The van der Waals surface area contributed by atoms with E-state index < -0.39 is 14.3 Å². The van der Waals surface area contributed by atoms with E-state index in [1.807, 2.05) is 12.2 Å². The summed E-state index contributed by atoms with van der Waals surface area (Å²) in [5.41, 5.74) is 2.35. The lowest BCUT2D eigenvalue weighted by atomic mass is 9.90. The molecule has 1 aliphatic rings. The predicted octanol–water partition coefficient (Wildman–Crippen LogP) is 6.81. The van der Waals surface area contributed by atoms with Crippen LogP contribution in [-0.2, 0) is 14.0 Å². The summed E-state index contributed by atoms with van der Waals surface area (Å²) in [7, 11) is -2.01. The van der Waals surface area contributed by atoms with Crippen molar-refractivity contribution in [2.24, 2.45) is 11.8 Å². The minimum absolute atomic E-state index is 0.0431. The summed E-state index contributed by atoms with van der Waals surface area (Å²) in [5.74, 6) is -0.553. The highest BCUT2D eigenvalue weighted by Crippen LogP contribution is 2.43. The predicted molar refractivity (Wildman–Crippen MR) is 134 cm³/mol. The Morgan fingerprint density at radius 1 is 1.19 bits per heavy atom. The van der Waals surface area contributed by atoms with E-state index in [0.717, 1.165) is 12.0 Å². The second-order valence-electron chi connectivity index (χ2n) is 10.5. The van der Waals surface area contributed by atoms with Gasteiger partial charge in [-0.2, -0.15) is 0 Å². The van der Waals surface area contributed by atoms with Crippen molar-refractivity contribution in [3.63, 3.8) is 0 Å². The van der Waals surface area contributed by atoms with Crippen LogP contribution in [0.1, 0.15) is 64.0 Å². The van der Waals surface area contributed by atoms with Crippen molar-refractivity contribution in [3.05, 3.63) is 53.6 Å². The van der Waals surface area contributed by atoms with Crippen LogP contribution in [0.4, 0.5) is 0 Å². The van der Waals surface area contributed by atoms with Gasteiger partial charge in [-0.05, 0) is 49.9 Å². The Morgan fingerprint density at radius 2 is 1.84 bits per heavy atom. The maximum Gasteiger partial charge on any atom is 0.303 e. The number of hydrogen-bond acceptors (Lipinski definition) is 3. The molecule has 32 heavy (non-hydrogen) atoms. The highest BCUT2D eigenvalue weighted by atomic mass is 28.4. The van der Waals surface area contributed by atoms with Gasteiger partial charge in [0.2, 0.25) is 0 Å². The standard InChI is InChI=1S/C27H40O4Si/c1-20-13-15-21(16-14-20)17-18-23-22(11-9-7-8-10-12-26(29)30)24(28)19-25(23)31-32(5,6)27(2,3)4/h7,9,13-18,22-23,25H,8,10-12,19H2,1-6H3,(H,29,30)/b9-7-,18-17?/t22?,23-,25-/m1/s1. The number of carbonyl (C=O) groups is 2. The Labute approximate surface area is 194 Å². The molecule has 1 aromatic rings. The molecule has 0 bridgehead atoms. The van der Waals surface area contributed by atoms with Crippen molar-refractivity contribution in [1.82, 2.24) is 0 Å². The Morgan fingerprint density at radius 3 is 2.44 bits per heavy atom. The van der Waals surface area contributed by atoms with Crippen LogP contribution in [0.2, 0.25) is 18.1 Å². The van der Waals surface area contributed by atoms with Gasteiger partial charge in [0, 0.05) is 24.7 Å². The Kier molecular flexibility index (Phi) is 9.23. The van der Waals surface area contributed by atoms with E-state index in [4.69, 9.17) is 9.53 Å². The van der Waals surface area contributed by atoms with Crippen LogP contribution < -0.4 is 0 Å². The number of hydrogen-bond donors (Lipinski definition) is 1. The van der Waals surface area contributed by atoms with E-state index in [-0.39, 0.29) is 35.2 Å². The molecule has 2 rings (SSSR count). The highest BCUT2D eigenvalue weighted by Gasteiger charge is 2.46. The number of carbonyl (C=O) groups excluding carboxylic acids is 1. The molecule has 1 saturated carbocycles. The summed E-state index contributed by atoms with van der Waals surface area (Å²) in [4.78, 5) is 23.7. The Bertz CT molecular complexity index is 830. The van der Waals surface area contributed by atoms with Crippen LogP contribution in [0, 0.1) is 18.8 Å². The fraction of sp³-hybridized carbons (Fsp3) is 0.556. The van der Waals surface area contributed by atoms with Gasteiger partial charge >= 0.3 is 5.97 Å². The van der Waals surface area contributed by atoms with Crippen molar-refractivity contribution < 1.29 is 19.1 Å². The summed E-state index contributed by atoms with van der Waals surface area (Å²) in [6.45, 7) is 13.2. The molecule has 1 aromatic carbocycles. The number of aryl methyl sites for hydroxylation is 1. The van der Waals surface area contributed by atoms with Gasteiger partial charge in [0.05, 0.1) is 6.10 Å². The lowest BCUT2D eigenvalue weighted by molar-refractivity contribution is -0.137. The Hall–Kier alpha value is -1.98. The van der Waals surface area contributed by atoms with Gasteiger partial charge in [0.1, 0.15) is 5.78 Å². The van der Waals surface area contributed by atoms with Gasteiger partial charge in [-0.15, -0.1) is 0 Å². The molecule has 0 spiro atoms. The number of carboxylic acids is 1. The molecule has 5 heteroatoms. The van der Waals surface area contributed by atoms with E-state index in [1.165, 1.54) is 5.56 Å². The zero-order chi connectivity index (χ0) is 23.9. The zero-order valence-electron chi connectivity index (χ0n) is 20.6. The van der Waals surface area contributed by atoms with Crippen LogP contribution in [0.15, 0.2) is 42.5 Å². The monoisotopic (exact) mass is 456 g/mol. The number of unbranched alkanes of at least 4 members (excludes halogenated alkanes) is 1. The maximum absolute atomic E-state index is 13.0. The zero-order valence-corrected chi connectivity index (χ0v) is 21.6. The van der Waals surface area contributed by atoms with Crippen molar-refractivity contribution >= 4 is 26.1 Å². The van der Waals surface area contributed by atoms with Crippen LogP contribution >= 0.6 is 0 Å². The van der Waals surface area contributed by atoms with Crippen LogP contribution in [0.25, 0.3) is 6.08 Å². The first kappa shape index (κ1) is 26.3. The molecule has 1 aliphatic carbocycles. The third-order valence-corrected chi connectivity index (χ3v) is 11.4. The minimum atomic E-state index is -2.01. The molecule has 4 nitrogen and oxygen atoms in total. The fourth-order valence-corrected chi connectivity index (χ4v) is 5.16. The fourth-order valence-electron chi connectivity index (χ4n) is 3.81. The van der Waals surface area contributed by atoms with Crippen molar-refractivity contribution in [2.75, 3.05) is 0 Å². The van der Waals surface area contributed by atoms with E-state index in [1.54, 1.807) is 0 Å². The molecule has 0 aromatic heterocycles. The lowest BCUT2D eigenvalue weighted by Gasteiger charge is -2.39. The van der Waals surface area contributed by atoms with Crippen LogP contribution in [0.3, 0.4) is 0 Å². The molecule has 0 amide bonds. The summed E-state index contributed by atoms with van der Waals surface area (Å²) < 4.78 is 6.73. The van der Waals surface area contributed by atoms with Crippen LogP contribution in [0.5, 0.6) is 0 Å². The van der Waals surface area contributed by atoms with Gasteiger partial charge in [-0.1, -0.05) is 74.9 Å². The van der Waals surface area contributed by atoms with Gasteiger partial charge in [0.15, 0.2) is 8.32 Å². The third kappa shape index (κ3) is 7.56. The number of rotatable bonds is 10. The molecule has 0 aliphatic heterocycles. The van der Waals surface area contributed by atoms with Gasteiger partial charge < -0.3 is 9.53 Å². The summed E-state index contributed by atoms with van der Waals surface area (Å²) in [6, 6.07) is 8.40. The second kappa shape index (κ2) is 11.2. The summed E-state index contributed by atoms with van der Waals surface area (Å²) in [5, 5.41) is 8.86. The first-order chi connectivity index (χ1) is 14.9. The van der Waals surface area contributed by atoms with Crippen molar-refractivity contribution in [3.8, 4) is 0 Å². The van der Waals surface area contributed by atoms with Gasteiger partial charge in [0.25, 0.3) is 0 Å². The number of Topliss-reactive ketones (excluding diaryl/α,β-unsaturated/α-hetero) is 1. The molecule has 1 unspecified atom stereocenters. The van der Waals surface area contributed by atoms with Gasteiger partial charge in [-0.25, -0.2) is 0 Å². The summed E-state index contributed by atoms with van der Waals surface area (Å²) >= 11 is 0. The quantitative estimate of drug-likeness (QED) is 0.239. The number of aliphatic carboxylic acids is 1. The molecule has 1 N–H and O–H groups in total. The number of benzene rings is 1. The largest absolute Gasteiger partial charge is 0.481 e. The number of ketones is 1. The minimum Gasteiger partial charge on any atom is -0.481 e. The van der Waals surface area contributed by atoms with Crippen LogP contribution in [-0.4, -0.2) is 31.3 Å². The van der Waals surface area contributed by atoms with E-state index in [0.29, 0.717) is 19.3 Å². The first-order valence-electron chi connectivity index (χ1n) is 11.7.